The van der Waals surface area contributed by atoms with E-state index in [-0.39, 0.29) is 0 Å². The molecule has 0 radical (unpaired) electrons. The summed E-state index contributed by atoms with van der Waals surface area (Å²) >= 11 is 0. The van der Waals surface area contributed by atoms with Crippen molar-refractivity contribution in [1.29, 1.82) is 0 Å². The number of halogens is 1. The predicted octanol–water partition coefficient (Wildman–Crippen LogP) is 3.58. The molecule has 1 nitrogen and oxygen atoms in total. The van der Waals surface area contributed by atoms with Gasteiger partial charge in [-0.05, 0) is 48.8 Å². The predicted molar refractivity (Wildman–Crippen MR) is 51.9 cm³/mol. The molecule has 1 rings (SSSR count). The van der Waals surface area contributed by atoms with E-state index in [4.69, 9.17) is 0 Å². The molecule has 0 bridgehead atoms. The zero-order valence-corrected chi connectivity index (χ0v) is 8.73. The van der Waals surface area contributed by atoms with Crippen LogP contribution in [0.25, 0.3) is 0 Å². The summed E-state index contributed by atoms with van der Waals surface area (Å²) in [4.78, 5) is 4.03. The first-order valence-electron chi connectivity index (χ1n) is 4.66. The highest BCUT2D eigenvalue weighted by atomic mass is 19.3. The third kappa shape index (κ3) is 1.99. The van der Waals surface area contributed by atoms with Crippen LogP contribution in [0.2, 0.25) is 0 Å². The zero-order valence-electron chi connectivity index (χ0n) is 8.73. The van der Waals surface area contributed by atoms with E-state index in [0.717, 1.165) is 17.6 Å². The van der Waals surface area contributed by atoms with Crippen molar-refractivity contribution < 1.29 is 9.47 Å². The summed E-state index contributed by atoms with van der Waals surface area (Å²) in [5, 5.41) is 0. The normalized spacial score (nSPS) is 23.9. The third-order valence-electron chi connectivity index (χ3n) is 2.62. The second-order valence-electron chi connectivity index (χ2n) is 4.22. The molecule has 1 aliphatic rings. The topological polar surface area (TPSA) is 9.23 Å². The maximum Gasteiger partial charge on any atom is 0.125 e. The van der Waals surface area contributed by atoms with Crippen molar-refractivity contribution >= 4 is 0 Å². The van der Waals surface area contributed by atoms with Crippen LogP contribution in [0, 0.1) is 5.92 Å². The average molecular weight is 184 g/mol. The minimum Gasteiger partial charge on any atom is -0.184 e. The van der Waals surface area contributed by atoms with Crippen LogP contribution in [-0.2, 0) is 4.94 Å². The summed E-state index contributed by atoms with van der Waals surface area (Å²) in [6.07, 6.45) is 5.13. The Labute approximate surface area is 79.2 Å². The van der Waals surface area contributed by atoms with Gasteiger partial charge in [-0.2, -0.15) is 4.94 Å². The maximum absolute atomic E-state index is 12.3. The van der Waals surface area contributed by atoms with Gasteiger partial charge in [-0.15, -0.1) is 0 Å². The molecule has 0 spiro atoms. The molecule has 1 aliphatic carbocycles. The summed E-state index contributed by atoms with van der Waals surface area (Å²) in [6, 6.07) is 0. The fourth-order valence-electron chi connectivity index (χ4n) is 2.16. The molecule has 0 saturated carbocycles. The van der Waals surface area contributed by atoms with Crippen molar-refractivity contribution in [3.05, 3.63) is 23.3 Å². The van der Waals surface area contributed by atoms with Gasteiger partial charge in [0.1, 0.15) is 5.60 Å². The Hall–Kier alpha value is -0.630. The highest BCUT2D eigenvalue weighted by Gasteiger charge is 2.31. The van der Waals surface area contributed by atoms with E-state index >= 15 is 0 Å². The van der Waals surface area contributed by atoms with E-state index in [1.54, 1.807) is 13.8 Å². The Kier molecular flexibility index (Phi) is 2.91. The minimum atomic E-state index is -0.783. The Morgan fingerprint density at radius 2 is 2.15 bits per heavy atom. The summed E-state index contributed by atoms with van der Waals surface area (Å²) in [7, 11) is 0. The van der Waals surface area contributed by atoms with Crippen molar-refractivity contribution in [3.8, 4) is 0 Å². The van der Waals surface area contributed by atoms with Gasteiger partial charge in [-0.25, -0.2) is 0 Å². The van der Waals surface area contributed by atoms with Gasteiger partial charge >= 0.3 is 0 Å². The third-order valence-corrected chi connectivity index (χ3v) is 2.62. The number of allylic oxidation sites excluding steroid dienone is 3. The monoisotopic (exact) mass is 184 g/mol. The van der Waals surface area contributed by atoms with Gasteiger partial charge in [-0.1, -0.05) is 19.1 Å². The van der Waals surface area contributed by atoms with Gasteiger partial charge in [0.15, 0.2) is 0 Å². The Morgan fingerprint density at radius 1 is 1.54 bits per heavy atom. The Bertz CT molecular complexity index is 251. The zero-order chi connectivity index (χ0) is 10.1. The summed E-state index contributed by atoms with van der Waals surface area (Å²) in [5.41, 5.74) is 1.41. The van der Waals surface area contributed by atoms with Crippen LogP contribution in [0.4, 0.5) is 4.53 Å². The summed E-state index contributed by atoms with van der Waals surface area (Å²) in [5.74, 6) is 0.371. The fraction of sp³-hybridized carbons (Fsp3) is 0.636. The average Bonchev–Trinajstić information content (AvgIpc) is 2.03. The van der Waals surface area contributed by atoms with Crippen LogP contribution in [0.15, 0.2) is 23.3 Å². The molecule has 0 aromatic heterocycles. The molecule has 0 amide bonds. The molecule has 0 aliphatic heterocycles. The van der Waals surface area contributed by atoms with E-state index in [9.17, 15) is 4.53 Å². The first-order chi connectivity index (χ1) is 5.99. The van der Waals surface area contributed by atoms with E-state index in [0.29, 0.717) is 5.92 Å². The van der Waals surface area contributed by atoms with E-state index in [1.807, 2.05) is 13.0 Å². The summed E-state index contributed by atoms with van der Waals surface area (Å²) < 4.78 is 12.3. The number of rotatable bonds is 2. The molecule has 0 heterocycles. The van der Waals surface area contributed by atoms with E-state index < -0.39 is 5.60 Å². The van der Waals surface area contributed by atoms with Gasteiger partial charge in [0.2, 0.25) is 0 Å². The molecule has 74 valence electrons. The fourth-order valence-corrected chi connectivity index (χ4v) is 2.16. The molecule has 13 heavy (non-hydrogen) atoms. The molecule has 0 aromatic carbocycles. The van der Waals surface area contributed by atoms with Crippen LogP contribution in [0.5, 0.6) is 0 Å². The highest BCUT2D eigenvalue weighted by Crippen LogP contribution is 2.35. The molecular formula is C11H17FO. The standard InChI is InChI=1S/C11H17FO/c1-8-6-5-7-9(2)10(8)11(3,4)13-12/h5-6,9H,7H2,1-4H3. The van der Waals surface area contributed by atoms with Gasteiger partial charge in [0, 0.05) is 0 Å². The van der Waals surface area contributed by atoms with Crippen molar-refractivity contribution in [3.63, 3.8) is 0 Å². The second kappa shape index (κ2) is 3.62. The van der Waals surface area contributed by atoms with Crippen molar-refractivity contribution in [2.45, 2.75) is 39.7 Å². The van der Waals surface area contributed by atoms with Crippen molar-refractivity contribution in [2.75, 3.05) is 0 Å². The highest BCUT2D eigenvalue weighted by molar-refractivity contribution is 5.34. The molecule has 0 aromatic rings. The molecule has 0 fully saturated rings. The SMILES string of the molecule is CC1=C(C(C)(C)OF)C(C)CC=C1. The van der Waals surface area contributed by atoms with Gasteiger partial charge in [-0.3, -0.25) is 0 Å². The maximum atomic E-state index is 12.3. The second-order valence-corrected chi connectivity index (χ2v) is 4.22. The lowest BCUT2D eigenvalue weighted by molar-refractivity contribution is -0.208. The number of hydrogen-bond donors (Lipinski definition) is 0. The van der Waals surface area contributed by atoms with E-state index in [2.05, 4.69) is 17.9 Å². The molecular weight excluding hydrogens is 167 g/mol. The number of hydrogen-bond acceptors (Lipinski definition) is 1. The minimum absolute atomic E-state index is 0.371. The summed E-state index contributed by atoms with van der Waals surface area (Å²) in [6.45, 7) is 7.63. The van der Waals surface area contributed by atoms with E-state index in [1.165, 1.54) is 0 Å². The smallest absolute Gasteiger partial charge is 0.125 e. The van der Waals surface area contributed by atoms with Crippen LogP contribution in [-0.4, -0.2) is 5.60 Å². The lowest BCUT2D eigenvalue weighted by Crippen LogP contribution is -2.29. The van der Waals surface area contributed by atoms with Crippen LogP contribution < -0.4 is 0 Å². The molecule has 2 heteroatoms. The lowest BCUT2D eigenvalue weighted by atomic mass is 9.80. The molecule has 0 saturated heterocycles. The Balaban J connectivity index is 3.05. The lowest BCUT2D eigenvalue weighted by Gasteiger charge is -2.31. The van der Waals surface area contributed by atoms with Crippen LogP contribution in [0.3, 0.4) is 0 Å². The molecule has 1 atom stereocenters. The Morgan fingerprint density at radius 3 is 2.62 bits per heavy atom. The van der Waals surface area contributed by atoms with Gasteiger partial charge in [0.25, 0.3) is 0 Å². The van der Waals surface area contributed by atoms with Gasteiger partial charge in [0.05, 0.1) is 0 Å². The quantitative estimate of drug-likeness (QED) is 0.637. The molecule has 0 N–H and O–H groups in total. The largest absolute Gasteiger partial charge is 0.184 e. The van der Waals surface area contributed by atoms with Crippen molar-refractivity contribution in [1.82, 2.24) is 0 Å². The van der Waals surface area contributed by atoms with Crippen LogP contribution >= 0.6 is 0 Å². The molecule has 1 unspecified atom stereocenters. The van der Waals surface area contributed by atoms with Crippen LogP contribution in [0.1, 0.15) is 34.1 Å². The first kappa shape index (κ1) is 10.5. The first-order valence-corrected chi connectivity index (χ1v) is 4.66. The van der Waals surface area contributed by atoms with Crippen molar-refractivity contribution in [2.24, 2.45) is 5.92 Å². The van der Waals surface area contributed by atoms with Gasteiger partial charge < -0.3 is 0 Å².